The summed E-state index contributed by atoms with van der Waals surface area (Å²) in [6, 6.07) is 14.7. The molecular formula is C34H40N4. The van der Waals surface area contributed by atoms with Crippen molar-refractivity contribution in [2.75, 3.05) is 0 Å². The van der Waals surface area contributed by atoms with E-state index in [1.807, 2.05) is 38.5 Å². The van der Waals surface area contributed by atoms with E-state index in [0.717, 1.165) is 11.0 Å². The largest absolute Gasteiger partial charge is 0.264 e. The molecule has 0 bridgehead atoms. The maximum atomic E-state index is 4.39. The summed E-state index contributed by atoms with van der Waals surface area (Å²) in [6.07, 6.45) is 11.5. The number of pyridine rings is 2. The van der Waals surface area contributed by atoms with Crippen molar-refractivity contribution in [3.05, 3.63) is 106 Å². The van der Waals surface area contributed by atoms with E-state index in [1.54, 1.807) is 12.4 Å². The van der Waals surface area contributed by atoms with Gasteiger partial charge >= 0.3 is 0 Å². The molecule has 0 aliphatic heterocycles. The minimum Gasteiger partial charge on any atom is -0.264 e. The molecule has 1 aliphatic rings. The van der Waals surface area contributed by atoms with Crippen LogP contribution >= 0.6 is 0 Å². The minimum absolute atomic E-state index is 1.01. The highest BCUT2D eigenvalue weighted by atomic mass is 14.8. The predicted molar refractivity (Wildman–Crippen MR) is 162 cm³/mol. The Morgan fingerprint density at radius 2 is 1.08 bits per heavy atom. The summed E-state index contributed by atoms with van der Waals surface area (Å²) in [7, 11) is 0. The van der Waals surface area contributed by atoms with Crippen molar-refractivity contribution < 1.29 is 0 Å². The van der Waals surface area contributed by atoms with E-state index >= 15 is 0 Å². The first-order valence-corrected chi connectivity index (χ1v) is 13.4. The smallest absolute Gasteiger partial charge is 0.0918 e. The Balaban J connectivity index is 0.000000153. The molecule has 3 aromatic heterocycles. The monoisotopic (exact) mass is 504 g/mol. The number of benzene rings is 2. The summed E-state index contributed by atoms with van der Waals surface area (Å²) in [5, 5.41) is 5.13. The lowest BCUT2D eigenvalue weighted by Crippen LogP contribution is -2.33. The van der Waals surface area contributed by atoms with Crippen molar-refractivity contribution in [1.82, 2.24) is 19.9 Å². The Hall–Kier alpha value is -3.92. The van der Waals surface area contributed by atoms with Crippen LogP contribution in [0.1, 0.15) is 62.8 Å². The Bertz CT molecular complexity index is 1450. The van der Waals surface area contributed by atoms with Gasteiger partial charge in [0.15, 0.2) is 0 Å². The molecule has 4 heteroatoms. The zero-order valence-corrected chi connectivity index (χ0v) is 24.1. The van der Waals surface area contributed by atoms with Gasteiger partial charge in [-0.3, -0.25) is 19.9 Å². The van der Waals surface area contributed by atoms with Crippen LogP contribution in [0.5, 0.6) is 0 Å². The molecule has 0 radical (unpaired) electrons. The van der Waals surface area contributed by atoms with Gasteiger partial charge in [-0.05, 0) is 105 Å². The first-order chi connectivity index (χ1) is 18.4. The Morgan fingerprint density at radius 1 is 0.526 bits per heavy atom. The maximum Gasteiger partial charge on any atom is 0.0918 e. The van der Waals surface area contributed by atoms with Crippen LogP contribution in [0.4, 0.5) is 0 Å². The molecule has 0 N–H and O–H groups in total. The second-order valence-electron chi connectivity index (χ2n) is 9.53. The Labute approximate surface area is 227 Å². The fourth-order valence-corrected chi connectivity index (χ4v) is 4.52. The van der Waals surface area contributed by atoms with Gasteiger partial charge in [0.1, 0.15) is 0 Å². The molecule has 0 fully saturated rings. The number of aryl methyl sites for hydroxylation is 4. The third kappa shape index (κ3) is 6.69. The molecule has 0 amide bonds. The van der Waals surface area contributed by atoms with Gasteiger partial charge in [0.2, 0.25) is 0 Å². The van der Waals surface area contributed by atoms with Gasteiger partial charge in [0, 0.05) is 36.4 Å². The number of nitrogens with zero attached hydrogens (tertiary/aromatic N) is 4. The molecule has 38 heavy (non-hydrogen) atoms. The number of aromatic nitrogens is 4. The molecule has 3 heterocycles. The lowest BCUT2D eigenvalue weighted by molar-refractivity contribution is 0.993. The Kier molecular flexibility index (Phi) is 10.2. The van der Waals surface area contributed by atoms with Crippen molar-refractivity contribution in [3.8, 4) is 0 Å². The lowest BCUT2D eigenvalue weighted by Gasteiger charge is -2.09. The topological polar surface area (TPSA) is 51.6 Å². The summed E-state index contributed by atoms with van der Waals surface area (Å²) < 4.78 is 0. The number of hydrogen-bond donors (Lipinski definition) is 0. The van der Waals surface area contributed by atoms with Crippen LogP contribution < -0.4 is 10.6 Å². The van der Waals surface area contributed by atoms with E-state index in [9.17, 15) is 0 Å². The number of hydrogen-bond acceptors (Lipinski definition) is 4. The summed E-state index contributed by atoms with van der Waals surface area (Å²) in [6.45, 7) is 16.7. The van der Waals surface area contributed by atoms with Crippen LogP contribution in [0.3, 0.4) is 0 Å². The van der Waals surface area contributed by atoms with E-state index in [-0.39, 0.29) is 0 Å². The van der Waals surface area contributed by atoms with Crippen molar-refractivity contribution in [1.29, 1.82) is 0 Å². The van der Waals surface area contributed by atoms with Crippen LogP contribution in [0.25, 0.3) is 33.0 Å². The van der Waals surface area contributed by atoms with Crippen LogP contribution in [0, 0.1) is 27.7 Å². The molecule has 4 nitrogen and oxygen atoms in total. The first-order valence-electron chi connectivity index (χ1n) is 13.4. The summed E-state index contributed by atoms with van der Waals surface area (Å²) in [4.78, 5) is 17.1. The van der Waals surface area contributed by atoms with Crippen molar-refractivity contribution in [2.45, 2.75) is 68.2 Å². The van der Waals surface area contributed by atoms with Crippen molar-refractivity contribution in [2.24, 2.45) is 0 Å². The average molecular weight is 505 g/mol. The van der Waals surface area contributed by atoms with Crippen LogP contribution in [0.2, 0.25) is 0 Å². The van der Waals surface area contributed by atoms with E-state index in [2.05, 4.69) is 97.9 Å². The predicted octanol–water partition coefficient (Wildman–Crippen LogP) is 7.34. The fourth-order valence-electron chi connectivity index (χ4n) is 4.52. The molecule has 0 unspecified atom stereocenters. The highest BCUT2D eigenvalue weighted by Crippen LogP contribution is 2.20. The molecular weight excluding hydrogens is 464 g/mol. The van der Waals surface area contributed by atoms with Gasteiger partial charge in [-0.2, -0.15) is 0 Å². The average Bonchev–Trinajstić information content (AvgIpc) is 2.97. The molecule has 0 saturated heterocycles. The number of rotatable bonds is 0. The molecule has 1 aliphatic carbocycles. The van der Waals surface area contributed by atoms with E-state index < -0.39 is 0 Å². The third-order valence-electron chi connectivity index (χ3n) is 6.83. The second-order valence-corrected chi connectivity index (χ2v) is 9.53. The minimum atomic E-state index is 1.01. The van der Waals surface area contributed by atoms with E-state index in [1.165, 1.54) is 67.6 Å². The molecule has 196 valence electrons. The van der Waals surface area contributed by atoms with Crippen LogP contribution in [-0.4, -0.2) is 19.9 Å². The van der Waals surface area contributed by atoms with Gasteiger partial charge in [-0.1, -0.05) is 49.8 Å². The molecule has 5 aromatic rings. The van der Waals surface area contributed by atoms with E-state index in [0.29, 0.717) is 0 Å². The molecule has 0 spiro atoms. The van der Waals surface area contributed by atoms with Gasteiger partial charge in [-0.25, -0.2) is 0 Å². The SMILES string of the molecule is CC.CC1=c2cccnc2=C(C)CC1.Cc1ccc(C)c2cnccc12.Cc1ccc(C)c2nccnc12. The van der Waals surface area contributed by atoms with Gasteiger partial charge in [0.25, 0.3) is 0 Å². The molecule has 2 aromatic carbocycles. The van der Waals surface area contributed by atoms with Crippen molar-refractivity contribution >= 4 is 33.0 Å². The summed E-state index contributed by atoms with van der Waals surface area (Å²) in [5.74, 6) is 0. The highest BCUT2D eigenvalue weighted by Gasteiger charge is 2.04. The maximum absolute atomic E-state index is 4.39. The van der Waals surface area contributed by atoms with Gasteiger partial charge in [-0.15, -0.1) is 0 Å². The normalized spacial score (nSPS) is 11.9. The molecule has 0 saturated carbocycles. The summed E-state index contributed by atoms with van der Waals surface area (Å²) in [5.41, 5.74) is 9.91. The summed E-state index contributed by atoms with van der Waals surface area (Å²) >= 11 is 0. The highest BCUT2D eigenvalue weighted by molar-refractivity contribution is 5.87. The first kappa shape index (κ1) is 28.6. The fraction of sp³-hybridized carbons (Fsp3) is 0.294. The second kappa shape index (κ2) is 13.6. The Morgan fingerprint density at radius 3 is 1.66 bits per heavy atom. The standard InChI is InChI=1S/C11H11N.C11H13N.C10H10N2.C2H6/c1-8-3-4-9(2)11-7-12-6-5-10(8)11;1-8-5-6-9(2)11-10(8)4-3-7-12-11;1-7-3-4-8(2)10-9(7)11-5-6-12-10;1-2/h3-7H,1-2H3;3-4,7H,5-6H2,1-2H3;3-6H,1-2H3;1-2H3. The molecule has 6 rings (SSSR count). The molecule has 0 atom stereocenters. The zero-order valence-electron chi connectivity index (χ0n) is 24.1. The van der Waals surface area contributed by atoms with Crippen molar-refractivity contribution in [3.63, 3.8) is 0 Å². The van der Waals surface area contributed by atoms with Gasteiger partial charge in [0.05, 0.1) is 16.4 Å². The van der Waals surface area contributed by atoms with Crippen LogP contribution in [-0.2, 0) is 0 Å². The lowest BCUT2D eigenvalue weighted by atomic mass is 9.98. The quantitative estimate of drug-likeness (QED) is 0.221. The third-order valence-corrected chi connectivity index (χ3v) is 6.83. The van der Waals surface area contributed by atoms with Crippen LogP contribution in [0.15, 0.2) is 73.4 Å². The zero-order chi connectivity index (χ0) is 27.7. The van der Waals surface area contributed by atoms with Gasteiger partial charge < -0.3 is 0 Å². The number of fused-ring (bicyclic) bond motifs is 3. The van der Waals surface area contributed by atoms with E-state index in [4.69, 9.17) is 0 Å².